The molecule has 0 aliphatic carbocycles. The van der Waals surface area contributed by atoms with E-state index >= 15 is 0 Å². The van der Waals surface area contributed by atoms with Crippen molar-refractivity contribution in [2.45, 2.75) is 70.2 Å². The maximum atomic E-state index is 13.9. The van der Waals surface area contributed by atoms with Crippen LogP contribution < -0.4 is 10.6 Å². The molecule has 7 nitrogen and oxygen atoms in total. The third kappa shape index (κ3) is 6.40. The highest BCUT2D eigenvalue weighted by Crippen LogP contribution is 2.35. The summed E-state index contributed by atoms with van der Waals surface area (Å²) in [6, 6.07) is 7.09. The van der Waals surface area contributed by atoms with Crippen molar-refractivity contribution < 1.29 is 23.5 Å². The molecule has 2 aliphatic heterocycles. The van der Waals surface area contributed by atoms with Crippen LogP contribution in [0.4, 0.5) is 8.78 Å². The molecule has 212 valence electrons. The number of carbonyl (C=O) groups excluding carboxylic acids is 2. The minimum Gasteiger partial charge on any atom is -0.389 e. The van der Waals surface area contributed by atoms with Crippen LogP contribution in [-0.2, 0) is 6.42 Å². The van der Waals surface area contributed by atoms with Crippen molar-refractivity contribution in [2.75, 3.05) is 13.1 Å². The summed E-state index contributed by atoms with van der Waals surface area (Å²) >= 11 is 1.55. The van der Waals surface area contributed by atoms with Gasteiger partial charge in [-0.05, 0) is 94.0 Å². The molecule has 0 bridgehead atoms. The van der Waals surface area contributed by atoms with Crippen LogP contribution in [-0.4, -0.2) is 58.1 Å². The van der Waals surface area contributed by atoms with E-state index in [1.54, 1.807) is 29.5 Å². The van der Waals surface area contributed by atoms with Gasteiger partial charge in [0.05, 0.1) is 18.2 Å². The molecule has 10 heteroatoms. The number of aromatic nitrogens is 1. The molecule has 0 spiro atoms. The van der Waals surface area contributed by atoms with Crippen LogP contribution in [0.1, 0.15) is 74.3 Å². The number of amides is 2. The summed E-state index contributed by atoms with van der Waals surface area (Å²) in [4.78, 5) is 33.6. The van der Waals surface area contributed by atoms with Crippen molar-refractivity contribution in [1.29, 1.82) is 0 Å². The Labute approximate surface area is 236 Å². The minimum absolute atomic E-state index is 0.0417. The van der Waals surface area contributed by atoms with Gasteiger partial charge in [0.2, 0.25) is 0 Å². The first-order chi connectivity index (χ1) is 19.2. The maximum absolute atomic E-state index is 13.9. The van der Waals surface area contributed by atoms with Gasteiger partial charge in [-0.2, -0.15) is 0 Å². The zero-order chi connectivity index (χ0) is 28.4. The number of likely N-dealkylation sites (tertiary alicyclic amines) is 1. The number of benzene rings is 2. The first kappa shape index (κ1) is 28.3. The number of hydrogen-bond donors (Lipinski definition) is 3. The number of hydrogen-bond acceptors (Lipinski definition) is 6. The Bertz CT molecular complexity index is 1370. The Hall–Kier alpha value is -3.21. The average Bonchev–Trinajstić information content (AvgIpc) is 3.68. The number of rotatable bonds is 8. The van der Waals surface area contributed by atoms with Crippen LogP contribution in [0.3, 0.4) is 0 Å². The maximum Gasteiger partial charge on any atom is 0.254 e. The van der Waals surface area contributed by atoms with Crippen LogP contribution in [0.15, 0.2) is 41.8 Å². The zero-order valence-corrected chi connectivity index (χ0v) is 23.4. The van der Waals surface area contributed by atoms with E-state index in [1.165, 1.54) is 12.1 Å². The summed E-state index contributed by atoms with van der Waals surface area (Å²) in [6.07, 6.45) is 2.40. The number of nitrogens with one attached hydrogen (secondary N) is 2. The number of nitrogens with zero attached hydrogens (tertiary/aromatic N) is 2. The smallest absolute Gasteiger partial charge is 0.254 e. The highest BCUT2D eigenvalue weighted by atomic mass is 32.1. The summed E-state index contributed by atoms with van der Waals surface area (Å²) in [5.41, 5.74) is 2.70. The van der Waals surface area contributed by atoms with E-state index in [0.717, 1.165) is 54.6 Å². The molecule has 0 unspecified atom stereocenters. The van der Waals surface area contributed by atoms with E-state index in [1.807, 2.05) is 24.1 Å². The van der Waals surface area contributed by atoms with Gasteiger partial charge in [-0.25, -0.2) is 13.8 Å². The molecule has 2 aliphatic rings. The molecule has 0 saturated carbocycles. The SMILES string of the molecule is Cc1cc(C(=O)N[C@@H](Cc2cc(F)cc(F)c2)[C@H](O)[C@H]2CCCN2)cc(C(=O)N2CCC[C@@H]2c2nc(C)cs2)c1. The van der Waals surface area contributed by atoms with Gasteiger partial charge in [-0.3, -0.25) is 9.59 Å². The Morgan fingerprint density at radius 2 is 1.85 bits per heavy atom. The fourth-order valence-corrected chi connectivity index (χ4v) is 6.71. The number of carbonyl (C=O) groups is 2. The Morgan fingerprint density at radius 1 is 1.10 bits per heavy atom. The normalized spacial score (nSPS) is 20.5. The predicted octanol–water partition coefficient (Wildman–Crippen LogP) is 4.47. The van der Waals surface area contributed by atoms with Gasteiger partial charge < -0.3 is 20.6 Å². The summed E-state index contributed by atoms with van der Waals surface area (Å²) in [7, 11) is 0. The molecule has 0 radical (unpaired) electrons. The second kappa shape index (κ2) is 12.1. The fraction of sp³-hybridized carbons (Fsp3) is 0.433. The van der Waals surface area contributed by atoms with Crippen LogP contribution in [0.2, 0.25) is 0 Å². The van der Waals surface area contributed by atoms with Gasteiger partial charge in [-0.15, -0.1) is 11.3 Å². The lowest BCUT2D eigenvalue weighted by atomic mass is 9.94. The number of aliphatic hydroxyl groups is 1. The number of thiazole rings is 1. The van der Waals surface area contributed by atoms with Gasteiger partial charge in [0.1, 0.15) is 16.6 Å². The monoisotopic (exact) mass is 568 g/mol. The molecule has 3 N–H and O–H groups in total. The van der Waals surface area contributed by atoms with Crippen molar-refractivity contribution in [2.24, 2.45) is 0 Å². The molecule has 1 aromatic heterocycles. The quantitative estimate of drug-likeness (QED) is 0.373. The van der Waals surface area contributed by atoms with Crippen LogP contribution in [0.5, 0.6) is 0 Å². The van der Waals surface area contributed by atoms with Gasteiger partial charge in [0, 0.05) is 40.9 Å². The Kier molecular flexibility index (Phi) is 8.58. The fourth-order valence-electron chi connectivity index (χ4n) is 5.77. The van der Waals surface area contributed by atoms with E-state index in [2.05, 4.69) is 15.6 Å². The summed E-state index contributed by atoms with van der Waals surface area (Å²) in [5.74, 6) is -2.06. The van der Waals surface area contributed by atoms with Gasteiger partial charge >= 0.3 is 0 Å². The van der Waals surface area contributed by atoms with Crippen LogP contribution in [0, 0.1) is 25.5 Å². The Morgan fingerprint density at radius 3 is 2.52 bits per heavy atom. The van der Waals surface area contributed by atoms with E-state index in [0.29, 0.717) is 17.7 Å². The highest BCUT2D eigenvalue weighted by molar-refractivity contribution is 7.09. The molecule has 2 fully saturated rings. The zero-order valence-electron chi connectivity index (χ0n) is 22.6. The first-order valence-corrected chi connectivity index (χ1v) is 14.6. The summed E-state index contributed by atoms with van der Waals surface area (Å²) in [5, 5.41) is 20.2. The predicted molar refractivity (Wildman–Crippen MR) is 149 cm³/mol. The molecule has 4 atom stereocenters. The summed E-state index contributed by atoms with van der Waals surface area (Å²) < 4.78 is 27.8. The van der Waals surface area contributed by atoms with E-state index in [-0.39, 0.29) is 30.0 Å². The third-order valence-electron chi connectivity index (χ3n) is 7.64. The van der Waals surface area contributed by atoms with Crippen LogP contribution in [0.25, 0.3) is 0 Å². The molecule has 2 amide bonds. The van der Waals surface area contributed by atoms with E-state index in [9.17, 15) is 23.5 Å². The lowest BCUT2D eigenvalue weighted by molar-refractivity contribution is 0.0733. The number of aryl methyl sites for hydroxylation is 2. The van der Waals surface area contributed by atoms with Gasteiger partial charge in [0.25, 0.3) is 11.8 Å². The second-order valence-corrected chi connectivity index (χ2v) is 11.7. The number of halogens is 2. The molecule has 3 aromatic rings. The highest BCUT2D eigenvalue weighted by Gasteiger charge is 2.34. The molecular weight excluding hydrogens is 534 g/mol. The molecule has 3 heterocycles. The Balaban J connectivity index is 1.37. The standard InChI is InChI=1S/C30H34F2N4O3S/c1-17-9-20(14-21(10-17)30(39)36-8-4-6-26(36)29-34-18(2)16-40-29)28(38)35-25(27(37)24-5-3-7-33-24)13-19-11-22(31)15-23(32)12-19/h9-12,14-16,24-27,33,37H,3-8,13H2,1-2H3,(H,35,38)/t24-,25+,26-,27-/m1/s1. The molecular formula is C30H34F2N4O3S. The number of aliphatic hydroxyl groups excluding tert-OH is 1. The van der Waals surface area contributed by atoms with Crippen molar-refractivity contribution in [3.63, 3.8) is 0 Å². The lowest BCUT2D eigenvalue weighted by Crippen LogP contribution is -2.52. The topological polar surface area (TPSA) is 94.6 Å². The molecule has 40 heavy (non-hydrogen) atoms. The van der Waals surface area contributed by atoms with Crippen molar-refractivity contribution in [3.8, 4) is 0 Å². The largest absolute Gasteiger partial charge is 0.389 e. The van der Waals surface area contributed by atoms with Gasteiger partial charge in [-0.1, -0.05) is 0 Å². The van der Waals surface area contributed by atoms with Crippen molar-refractivity contribution in [3.05, 3.63) is 86.4 Å². The average molecular weight is 569 g/mol. The second-order valence-electron chi connectivity index (χ2n) is 10.8. The third-order valence-corrected chi connectivity index (χ3v) is 8.70. The van der Waals surface area contributed by atoms with E-state index in [4.69, 9.17) is 0 Å². The minimum atomic E-state index is -0.976. The van der Waals surface area contributed by atoms with Gasteiger partial charge in [0.15, 0.2) is 0 Å². The first-order valence-electron chi connectivity index (χ1n) is 13.7. The van der Waals surface area contributed by atoms with Crippen molar-refractivity contribution >= 4 is 23.2 Å². The molecule has 5 rings (SSSR count). The molecule has 2 aromatic carbocycles. The lowest BCUT2D eigenvalue weighted by Gasteiger charge is -2.29. The van der Waals surface area contributed by atoms with E-state index < -0.39 is 29.7 Å². The van der Waals surface area contributed by atoms with Crippen LogP contribution >= 0.6 is 11.3 Å². The van der Waals surface area contributed by atoms with Crippen molar-refractivity contribution in [1.82, 2.24) is 20.5 Å². The molecule has 2 saturated heterocycles. The summed E-state index contributed by atoms with van der Waals surface area (Å²) in [6.45, 7) is 5.12.